The van der Waals surface area contributed by atoms with E-state index in [1.54, 1.807) is 11.3 Å². The second-order valence-corrected chi connectivity index (χ2v) is 5.78. The van der Waals surface area contributed by atoms with E-state index in [-0.39, 0.29) is 0 Å². The van der Waals surface area contributed by atoms with Crippen molar-refractivity contribution in [2.45, 2.75) is 32.2 Å². The summed E-state index contributed by atoms with van der Waals surface area (Å²) in [5, 5.41) is 6.80. The van der Waals surface area contributed by atoms with Crippen molar-refractivity contribution in [2.75, 3.05) is 6.54 Å². The minimum Gasteiger partial charge on any atom is -0.314 e. The highest BCUT2D eigenvalue weighted by Crippen LogP contribution is 2.21. The van der Waals surface area contributed by atoms with Gasteiger partial charge < -0.3 is 5.32 Å². The number of aromatic nitrogens is 1. The molecule has 0 saturated heterocycles. The SMILES string of the molecule is CC(C)NCC(Cc1nccs1)c1ccccc1. The van der Waals surface area contributed by atoms with Gasteiger partial charge in [0.05, 0.1) is 5.01 Å². The van der Waals surface area contributed by atoms with E-state index in [2.05, 4.69) is 54.5 Å². The van der Waals surface area contributed by atoms with Gasteiger partial charge in [-0.15, -0.1) is 11.3 Å². The Morgan fingerprint density at radius 2 is 2.00 bits per heavy atom. The molecule has 1 heterocycles. The predicted octanol–water partition coefficient (Wildman–Crippen LogP) is 3.47. The standard InChI is InChI=1S/C15H20N2S/c1-12(2)17-11-14(10-15-16-8-9-18-15)13-6-4-3-5-7-13/h3-9,12,14,17H,10-11H2,1-2H3. The van der Waals surface area contributed by atoms with Crippen LogP contribution < -0.4 is 5.32 Å². The molecule has 0 radical (unpaired) electrons. The Labute approximate surface area is 113 Å². The number of hydrogen-bond acceptors (Lipinski definition) is 3. The summed E-state index contributed by atoms with van der Waals surface area (Å²) in [4.78, 5) is 4.40. The van der Waals surface area contributed by atoms with Gasteiger partial charge in [-0.05, 0) is 5.56 Å². The van der Waals surface area contributed by atoms with Crippen molar-refractivity contribution in [3.63, 3.8) is 0 Å². The van der Waals surface area contributed by atoms with E-state index in [1.807, 2.05) is 11.6 Å². The fourth-order valence-electron chi connectivity index (χ4n) is 1.98. The highest BCUT2D eigenvalue weighted by molar-refractivity contribution is 7.09. The first-order valence-corrected chi connectivity index (χ1v) is 7.30. The molecular weight excluding hydrogens is 240 g/mol. The van der Waals surface area contributed by atoms with E-state index >= 15 is 0 Å². The van der Waals surface area contributed by atoms with E-state index in [0.717, 1.165) is 13.0 Å². The Morgan fingerprint density at radius 3 is 2.61 bits per heavy atom. The lowest BCUT2D eigenvalue weighted by molar-refractivity contribution is 0.526. The van der Waals surface area contributed by atoms with E-state index in [1.165, 1.54) is 10.6 Å². The number of nitrogens with one attached hydrogen (secondary N) is 1. The van der Waals surface area contributed by atoms with Crippen LogP contribution in [-0.2, 0) is 6.42 Å². The van der Waals surface area contributed by atoms with Gasteiger partial charge in [-0.3, -0.25) is 0 Å². The molecule has 2 rings (SSSR count). The number of hydrogen-bond donors (Lipinski definition) is 1. The number of benzene rings is 1. The molecule has 0 spiro atoms. The molecular formula is C15H20N2S. The number of nitrogens with zero attached hydrogens (tertiary/aromatic N) is 1. The number of thiazole rings is 1. The van der Waals surface area contributed by atoms with Crippen LogP contribution in [0.1, 0.15) is 30.3 Å². The van der Waals surface area contributed by atoms with Crippen LogP contribution in [0.4, 0.5) is 0 Å². The van der Waals surface area contributed by atoms with Crippen LogP contribution in [0.25, 0.3) is 0 Å². The molecule has 0 bridgehead atoms. The summed E-state index contributed by atoms with van der Waals surface area (Å²) in [6.07, 6.45) is 2.90. The number of rotatable bonds is 6. The summed E-state index contributed by atoms with van der Waals surface area (Å²) in [5.41, 5.74) is 1.39. The van der Waals surface area contributed by atoms with Crippen LogP contribution in [0, 0.1) is 0 Å². The second-order valence-electron chi connectivity index (χ2n) is 4.80. The van der Waals surface area contributed by atoms with Crippen LogP contribution >= 0.6 is 11.3 Å². The maximum Gasteiger partial charge on any atom is 0.0931 e. The first kappa shape index (κ1) is 13.2. The van der Waals surface area contributed by atoms with Gasteiger partial charge in [0.15, 0.2) is 0 Å². The molecule has 0 aliphatic carbocycles. The summed E-state index contributed by atoms with van der Waals surface area (Å²) in [7, 11) is 0. The Hall–Kier alpha value is -1.19. The third kappa shape index (κ3) is 3.93. The lowest BCUT2D eigenvalue weighted by Crippen LogP contribution is -2.28. The molecule has 1 unspecified atom stereocenters. The van der Waals surface area contributed by atoms with E-state index < -0.39 is 0 Å². The molecule has 2 aromatic rings. The zero-order valence-corrected chi connectivity index (χ0v) is 11.8. The zero-order chi connectivity index (χ0) is 12.8. The summed E-state index contributed by atoms with van der Waals surface area (Å²) < 4.78 is 0. The molecule has 0 aliphatic rings. The van der Waals surface area contributed by atoms with Gasteiger partial charge in [-0.25, -0.2) is 4.98 Å². The normalized spacial score (nSPS) is 12.8. The fraction of sp³-hybridized carbons (Fsp3) is 0.400. The van der Waals surface area contributed by atoms with Gasteiger partial charge in [0.1, 0.15) is 0 Å². The van der Waals surface area contributed by atoms with Gasteiger partial charge in [0, 0.05) is 36.5 Å². The summed E-state index contributed by atoms with van der Waals surface area (Å²) >= 11 is 1.74. The average Bonchev–Trinajstić information content (AvgIpc) is 2.88. The molecule has 1 aromatic carbocycles. The Bertz CT molecular complexity index is 437. The fourth-order valence-corrected chi connectivity index (χ4v) is 2.67. The van der Waals surface area contributed by atoms with E-state index in [0.29, 0.717) is 12.0 Å². The average molecular weight is 260 g/mol. The molecule has 0 aliphatic heterocycles. The lowest BCUT2D eigenvalue weighted by atomic mass is 9.95. The monoisotopic (exact) mass is 260 g/mol. The molecule has 1 atom stereocenters. The first-order chi connectivity index (χ1) is 8.75. The van der Waals surface area contributed by atoms with Crippen molar-refractivity contribution in [3.8, 4) is 0 Å². The third-order valence-corrected chi connectivity index (χ3v) is 3.75. The third-order valence-electron chi connectivity index (χ3n) is 2.95. The smallest absolute Gasteiger partial charge is 0.0931 e. The van der Waals surface area contributed by atoms with Gasteiger partial charge in [0.2, 0.25) is 0 Å². The minimum atomic E-state index is 0.500. The Balaban J connectivity index is 2.07. The molecule has 0 fully saturated rings. The molecule has 1 aromatic heterocycles. The largest absolute Gasteiger partial charge is 0.314 e. The predicted molar refractivity (Wildman–Crippen MR) is 78.1 cm³/mol. The first-order valence-electron chi connectivity index (χ1n) is 6.42. The van der Waals surface area contributed by atoms with Crippen molar-refractivity contribution in [2.24, 2.45) is 0 Å². The van der Waals surface area contributed by atoms with Gasteiger partial charge in [0.25, 0.3) is 0 Å². The Morgan fingerprint density at radius 1 is 1.22 bits per heavy atom. The van der Waals surface area contributed by atoms with Crippen molar-refractivity contribution in [3.05, 3.63) is 52.5 Å². The van der Waals surface area contributed by atoms with Gasteiger partial charge in [-0.2, -0.15) is 0 Å². The quantitative estimate of drug-likeness (QED) is 0.860. The van der Waals surface area contributed by atoms with Gasteiger partial charge >= 0.3 is 0 Å². The maximum atomic E-state index is 4.40. The van der Waals surface area contributed by atoms with Crippen molar-refractivity contribution in [1.29, 1.82) is 0 Å². The highest BCUT2D eigenvalue weighted by Gasteiger charge is 2.13. The molecule has 1 N–H and O–H groups in total. The Kier molecular flexibility index (Phi) is 4.90. The van der Waals surface area contributed by atoms with Crippen LogP contribution in [0.15, 0.2) is 41.9 Å². The molecule has 96 valence electrons. The summed E-state index contributed by atoms with van der Waals surface area (Å²) in [6.45, 7) is 5.37. The van der Waals surface area contributed by atoms with Gasteiger partial charge in [-0.1, -0.05) is 44.2 Å². The molecule has 0 saturated carbocycles. The topological polar surface area (TPSA) is 24.9 Å². The van der Waals surface area contributed by atoms with Crippen molar-refractivity contribution >= 4 is 11.3 Å². The van der Waals surface area contributed by atoms with Crippen molar-refractivity contribution in [1.82, 2.24) is 10.3 Å². The summed E-state index contributed by atoms with van der Waals surface area (Å²) in [5.74, 6) is 0.500. The van der Waals surface area contributed by atoms with E-state index in [4.69, 9.17) is 0 Å². The zero-order valence-electron chi connectivity index (χ0n) is 11.0. The minimum absolute atomic E-state index is 0.500. The second kappa shape index (κ2) is 6.66. The molecule has 2 nitrogen and oxygen atoms in total. The molecule has 3 heteroatoms. The van der Waals surface area contributed by atoms with Crippen LogP contribution in [-0.4, -0.2) is 17.6 Å². The summed E-state index contributed by atoms with van der Waals surface area (Å²) in [6, 6.07) is 11.2. The van der Waals surface area contributed by atoms with Crippen LogP contribution in [0.5, 0.6) is 0 Å². The van der Waals surface area contributed by atoms with Crippen LogP contribution in [0.2, 0.25) is 0 Å². The van der Waals surface area contributed by atoms with Crippen LogP contribution in [0.3, 0.4) is 0 Å². The molecule has 0 amide bonds. The lowest BCUT2D eigenvalue weighted by Gasteiger charge is -2.18. The molecule has 18 heavy (non-hydrogen) atoms. The van der Waals surface area contributed by atoms with Crippen molar-refractivity contribution < 1.29 is 0 Å². The van der Waals surface area contributed by atoms with E-state index in [9.17, 15) is 0 Å². The highest BCUT2D eigenvalue weighted by atomic mass is 32.1. The maximum absolute atomic E-state index is 4.40.